The van der Waals surface area contributed by atoms with Gasteiger partial charge in [0.05, 0.1) is 10.2 Å². The number of alkyl halides is 1. The Balaban J connectivity index is 3.17. The van der Waals surface area contributed by atoms with Crippen LogP contribution in [-0.4, -0.2) is 30.5 Å². The van der Waals surface area contributed by atoms with Gasteiger partial charge in [-0.05, 0) is 26.0 Å². The molecule has 0 aliphatic heterocycles. The van der Waals surface area contributed by atoms with Crippen molar-refractivity contribution in [2.24, 2.45) is 0 Å². The molecular weight excluding hydrogens is 306 g/mol. The van der Waals surface area contributed by atoms with Crippen molar-refractivity contribution in [2.45, 2.75) is 18.7 Å². The molecule has 0 aliphatic rings. The van der Waals surface area contributed by atoms with E-state index in [0.29, 0.717) is 0 Å². The van der Waals surface area contributed by atoms with Gasteiger partial charge in [0.25, 0.3) is 10.0 Å². The van der Waals surface area contributed by atoms with Gasteiger partial charge in [0, 0.05) is 6.54 Å². The summed E-state index contributed by atoms with van der Waals surface area (Å²) in [5.41, 5.74) is 0.971. The Hall–Kier alpha value is -0.880. The van der Waals surface area contributed by atoms with Gasteiger partial charge in [-0.15, -0.1) is 0 Å². The molecule has 0 fully saturated rings. The van der Waals surface area contributed by atoms with Crippen molar-refractivity contribution in [3.05, 3.63) is 29.8 Å². The van der Waals surface area contributed by atoms with Gasteiger partial charge < -0.3 is 0 Å². The summed E-state index contributed by atoms with van der Waals surface area (Å²) in [4.78, 5) is 11.7. The first-order chi connectivity index (χ1) is 7.93. The minimum absolute atomic E-state index is 0.00800. The fraction of sp³-hybridized carbons (Fsp3) is 0.364. The number of aryl methyl sites for hydroxylation is 1. The molecule has 1 aromatic carbocycles. The van der Waals surface area contributed by atoms with Crippen LogP contribution in [-0.2, 0) is 14.8 Å². The Morgan fingerprint density at radius 2 is 1.82 bits per heavy atom. The topological polar surface area (TPSA) is 54.5 Å². The van der Waals surface area contributed by atoms with Crippen LogP contribution in [0.1, 0.15) is 12.5 Å². The monoisotopic (exact) mass is 319 g/mol. The van der Waals surface area contributed by atoms with Crippen molar-refractivity contribution in [1.29, 1.82) is 0 Å². The quantitative estimate of drug-likeness (QED) is 0.797. The van der Waals surface area contributed by atoms with Crippen LogP contribution < -0.4 is 0 Å². The van der Waals surface area contributed by atoms with Crippen LogP contribution >= 0.6 is 15.9 Å². The van der Waals surface area contributed by atoms with Gasteiger partial charge in [-0.25, -0.2) is 12.7 Å². The molecule has 0 radical (unpaired) electrons. The number of halogens is 1. The van der Waals surface area contributed by atoms with Crippen molar-refractivity contribution in [3.63, 3.8) is 0 Å². The van der Waals surface area contributed by atoms with Gasteiger partial charge in [0.1, 0.15) is 0 Å². The molecule has 1 amide bonds. The third-order valence-corrected chi connectivity index (χ3v) is 4.68. The summed E-state index contributed by atoms with van der Waals surface area (Å²) in [7, 11) is -3.73. The van der Waals surface area contributed by atoms with Gasteiger partial charge in [-0.3, -0.25) is 4.79 Å². The zero-order chi connectivity index (χ0) is 13.1. The molecule has 0 aliphatic carbocycles. The predicted molar refractivity (Wildman–Crippen MR) is 69.5 cm³/mol. The summed E-state index contributed by atoms with van der Waals surface area (Å²) in [6.07, 6.45) is 0. The van der Waals surface area contributed by atoms with Crippen molar-refractivity contribution >= 4 is 31.9 Å². The normalized spacial score (nSPS) is 11.2. The lowest BCUT2D eigenvalue weighted by Gasteiger charge is -2.19. The van der Waals surface area contributed by atoms with E-state index in [1.807, 2.05) is 6.92 Å². The number of carbonyl (C=O) groups is 1. The maximum absolute atomic E-state index is 12.2. The average Bonchev–Trinajstić information content (AvgIpc) is 2.29. The summed E-state index contributed by atoms with van der Waals surface area (Å²) >= 11 is 2.98. The molecule has 0 atom stereocenters. The standard InChI is InChI=1S/C11H14BrNO3S/c1-3-13(11(14)8-12)17(15,16)10-6-4-9(2)5-7-10/h4-7H,3,8H2,1-2H3. The first-order valence-electron chi connectivity index (χ1n) is 5.11. The number of nitrogens with zero attached hydrogens (tertiary/aromatic N) is 1. The van der Waals surface area contributed by atoms with E-state index in [1.54, 1.807) is 19.1 Å². The largest absolute Gasteiger partial charge is 0.273 e. The summed E-state index contributed by atoms with van der Waals surface area (Å²) in [5, 5.41) is -0.00800. The summed E-state index contributed by atoms with van der Waals surface area (Å²) in [5.74, 6) is -0.465. The fourth-order valence-corrected chi connectivity index (χ4v) is 3.26. The van der Waals surface area contributed by atoms with E-state index in [1.165, 1.54) is 12.1 Å². The molecule has 6 heteroatoms. The van der Waals surface area contributed by atoms with Gasteiger partial charge in [-0.2, -0.15) is 0 Å². The highest BCUT2D eigenvalue weighted by molar-refractivity contribution is 9.09. The number of sulfonamides is 1. The number of hydrogen-bond donors (Lipinski definition) is 0. The molecule has 0 saturated heterocycles. The molecule has 0 bridgehead atoms. The summed E-state index contributed by atoms with van der Waals surface area (Å²) in [6, 6.07) is 6.43. The Morgan fingerprint density at radius 1 is 1.29 bits per heavy atom. The molecule has 0 saturated carbocycles. The highest BCUT2D eigenvalue weighted by Gasteiger charge is 2.26. The minimum Gasteiger partial charge on any atom is -0.273 e. The van der Waals surface area contributed by atoms with Crippen LogP contribution in [0.15, 0.2) is 29.2 Å². The van der Waals surface area contributed by atoms with Crippen molar-refractivity contribution in [2.75, 3.05) is 11.9 Å². The van der Waals surface area contributed by atoms with E-state index >= 15 is 0 Å². The van der Waals surface area contributed by atoms with Gasteiger partial charge in [0.15, 0.2) is 0 Å². The zero-order valence-electron chi connectivity index (χ0n) is 9.68. The van der Waals surface area contributed by atoms with Crippen molar-refractivity contribution < 1.29 is 13.2 Å². The maximum atomic E-state index is 12.2. The Morgan fingerprint density at radius 3 is 2.24 bits per heavy atom. The molecule has 94 valence electrons. The van der Waals surface area contributed by atoms with Crippen LogP contribution in [0.25, 0.3) is 0 Å². The van der Waals surface area contributed by atoms with E-state index in [0.717, 1.165) is 9.87 Å². The average molecular weight is 320 g/mol. The molecule has 1 rings (SSSR count). The van der Waals surface area contributed by atoms with Crippen LogP contribution in [0.4, 0.5) is 0 Å². The second-order valence-corrected chi connectivity index (χ2v) is 5.93. The predicted octanol–water partition coefficient (Wildman–Crippen LogP) is 1.93. The molecule has 0 unspecified atom stereocenters. The van der Waals surface area contributed by atoms with E-state index in [4.69, 9.17) is 0 Å². The molecule has 1 aromatic rings. The number of carbonyl (C=O) groups excluding carboxylic acids is 1. The highest BCUT2D eigenvalue weighted by atomic mass is 79.9. The highest BCUT2D eigenvalue weighted by Crippen LogP contribution is 2.16. The Labute approximate surface area is 110 Å². The molecule has 0 spiro atoms. The fourth-order valence-electron chi connectivity index (χ4n) is 1.38. The van der Waals surface area contributed by atoms with Gasteiger partial charge >= 0.3 is 0 Å². The van der Waals surface area contributed by atoms with Crippen molar-refractivity contribution in [3.8, 4) is 0 Å². The lowest BCUT2D eigenvalue weighted by atomic mass is 10.2. The molecule has 4 nitrogen and oxygen atoms in total. The maximum Gasteiger partial charge on any atom is 0.266 e. The van der Waals surface area contributed by atoms with E-state index in [9.17, 15) is 13.2 Å². The second-order valence-electron chi connectivity index (χ2n) is 3.51. The van der Waals surface area contributed by atoms with E-state index < -0.39 is 15.9 Å². The van der Waals surface area contributed by atoms with Crippen LogP contribution in [0.3, 0.4) is 0 Å². The third-order valence-electron chi connectivity index (χ3n) is 2.29. The Kier molecular flexibility index (Phi) is 4.70. The lowest BCUT2D eigenvalue weighted by molar-refractivity contribution is -0.123. The minimum atomic E-state index is -3.73. The number of amides is 1. The third kappa shape index (κ3) is 3.07. The van der Waals surface area contributed by atoms with Crippen molar-refractivity contribution in [1.82, 2.24) is 4.31 Å². The lowest BCUT2D eigenvalue weighted by Crippen LogP contribution is -2.37. The first kappa shape index (κ1) is 14.2. The number of rotatable bonds is 4. The van der Waals surface area contributed by atoms with Gasteiger partial charge in [-0.1, -0.05) is 33.6 Å². The van der Waals surface area contributed by atoms with Crippen LogP contribution in [0.2, 0.25) is 0 Å². The smallest absolute Gasteiger partial charge is 0.266 e. The summed E-state index contributed by atoms with van der Waals surface area (Å²) in [6.45, 7) is 3.63. The molecule has 17 heavy (non-hydrogen) atoms. The number of hydrogen-bond acceptors (Lipinski definition) is 3. The SMILES string of the molecule is CCN(C(=O)CBr)S(=O)(=O)c1ccc(C)cc1. The Bertz CT molecular complexity index is 496. The zero-order valence-corrected chi connectivity index (χ0v) is 12.1. The van der Waals surface area contributed by atoms with Crippen LogP contribution in [0.5, 0.6) is 0 Å². The molecule has 0 N–H and O–H groups in total. The van der Waals surface area contributed by atoms with E-state index in [2.05, 4.69) is 15.9 Å². The molecule has 0 heterocycles. The first-order valence-corrected chi connectivity index (χ1v) is 7.67. The summed E-state index contributed by atoms with van der Waals surface area (Å²) < 4.78 is 25.2. The second kappa shape index (κ2) is 5.64. The molecular formula is C11H14BrNO3S. The number of benzene rings is 1. The molecule has 0 aromatic heterocycles. The van der Waals surface area contributed by atoms with E-state index in [-0.39, 0.29) is 16.8 Å². The van der Waals surface area contributed by atoms with Crippen LogP contribution in [0, 0.1) is 6.92 Å². The van der Waals surface area contributed by atoms with Gasteiger partial charge in [0.2, 0.25) is 5.91 Å².